The van der Waals surface area contributed by atoms with Crippen LogP contribution < -0.4 is 15.4 Å². The summed E-state index contributed by atoms with van der Waals surface area (Å²) < 4.78 is 5.32. The van der Waals surface area contributed by atoms with Gasteiger partial charge in [-0.25, -0.2) is 4.98 Å². The maximum Gasteiger partial charge on any atom is 0.251 e. The SMILES string of the molecule is COc1ccccc1CCNC(=O)c1ccnc(NCC(C)C)c1. The van der Waals surface area contributed by atoms with E-state index in [4.69, 9.17) is 4.74 Å². The highest BCUT2D eigenvalue weighted by Gasteiger charge is 2.08. The molecule has 1 heterocycles. The number of ether oxygens (including phenoxy) is 1. The van der Waals surface area contributed by atoms with E-state index in [9.17, 15) is 4.79 Å². The lowest BCUT2D eigenvalue weighted by Gasteiger charge is -2.11. The summed E-state index contributed by atoms with van der Waals surface area (Å²) in [5.74, 6) is 1.99. The van der Waals surface area contributed by atoms with Crippen molar-refractivity contribution < 1.29 is 9.53 Å². The zero-order valence-electron chi connectivity index (χ0n) is 14.5. The van der Waals surface area contributed by atoms with Crippen LogP contribution >= 0.6 is 0 Å². The van der Waals surface area contributed by atoms with Crippen molar-refractivity contribution in [2.45, 2.75) is 20.3 Å². The fourth-order valence-corrected chi connectivity index (χ4v) is 2.30. The van der Waals surface area contributed by atoms with E-state index in [2.05, 4.69) is 29.5 Å². The summed E-state index contributed by atoms with van der Waals surface area (Å²) in [5, 5.41) is 6.17. The summed E-state index contributed by atoms with van der Waals surface area (Å²) in [5.41, 5.74) is 1.69. The van der Waals surface area contributed by atoms with Gasteiger partial charge in [-0.1, -0.05) is 32.0 Å². The maximum atomic E-state index is 12.3. The van der Waals surface area contributed by atoms with Crippen molar-refractivity contribution >= 4 is 11.7 Å². The molecule has 1 aromatic carbocycles. The molecule has 2 rings (SSSR count). The number of benzene rings is 1. The van der Waals surface area contributed by atoms with Crippen molar-refractivity contribution in [3.63, 3.8) is 0 Å². The molecule has 0 radical (unpaired) electrons. The number of rotatable bonds is 8. The fourth-order valence-electron chi connectivity index (χ4n) is 2.30. The van der Waals surface area contributed by atoms with Crippen molar-refractivity contribution in [3.05, 3.63) is 53.7 Å². The number of hydrogen-bond acceptors (Lipinski definition) is 4. The smallest absolute Gasteiger partial charge is 0.251 e. The number of nitrogens with zero attached hydrogens (tertiary/aromatic N) is 1. The standard InChI is InChI=1S/C19H25N3O2/c1-14(2)13-22-18-12-16(9-10-20-18)19(23)21-11-8-15-6-4-5-7-17(15)24-3/h4-7,9-10,12,14H,8,11,13H2,1-3H3,(H,20,22)(H,21,23). The summed E-state index contributed by atoms with van der Waals surface area (Å²) in [6.45, 7) is 5.63. The van der Waals surface area contributed by atoms with Crippen LogP contribution in [0.4, 0.5) is 5.82 Å². The molecule has 0 fully saturated rings. The molecule has 0 unspecified atom stereocenters. The van der Waals surface area contributed by atoms with Gasteiger partial charge >= 0.3 is 0 Å². The summed E-state index contributed by atoms with van der Waals surface area (Å²) in [4.78, 5) is 16.5. The van der Waals surface area contributed by atoms with E-state index in [1.54, 1.807) is 25.4 Å². The lowest BCUT2D eigenvalue weighted by atomic mass is 10.1. The average Bonchev–Trinajstić information content (AvgIpc) is 2.60. The van der Waals surface area contributed by atoms with Gasteiger partial charge in [-0.3, -0.25) is 4.79 Å². The number of amides is 1. The first-order valence-electron chi connectivity index (χ1n) is 8.20. The van der Waals surface area contributed by atoms with Gasteiger partial charge in [0.15, 0.2) is 0 Å². The van der Waals surface area contributed by atoms with Crippen molar-refractivity contribution in [1.82, 2.24) is 10.3 Å². The van der Waals surface area contributed by atoms with Crippen LogP contribution in [0.3, 0.4) is 0 Å². The van der Waals surface area contributed by atoms with Crippen molar-refractivity contribution in [2.24, 2.45) is 5.92 Å². The zero-order chi connectivity index (χ0) is 17.4. The van der Waals surface area contributed by atoms with Crippen LogP contribution in [-0.4, -0.2) is 31.1 Å². The number of pyridine rings is 1. The van der Waals surface area contributed by atoms with Crippen LogP contribution in [0.25, 0.3) is 0 Å². The Morgan fingerprint density at radius 3 is 2.79 bits per heavy atom. The Hall–Kier alpha value is -2.56. The highest BCUT2D eigenvalue weighted by atomic mass is 16.5. The lowest BCUT2D eigenvalue weighted by Crippen LogP contribution is -2.26. The molecule has 0 aliphatic rings. The van der Waals surface area contributed by atoms with Crippen LogP contribution in [0.15, 0.2) is 42.6 Å². The highest BCUT2D eigenvalue weighted by Crippen LogP contribution is 2.17. The number of hydrogen-bond donors (Lipinski definition) is 2. The molecule has 2 aromatic rings. The summed E-state index contributed by atoms with van der Waals surface area (Å²) in [6, 6.07) is 11.3. The summed E-state index contributed by atoms with van der Waals surface area (Å²) in [6.07, 6.45) is 2.37. The molecule has 0 atom stereocenters. The zero-order valence-corrected chi connectivity index (χ0v) is 14.5. The predicted octanol–water partition coefficient (Wildman–Crippen LogP) is 3.13. The summed E-state index contributed by atoms with van der Waals surface area (Å²) >= 11 is 0. The molecule has 5 nitrogen and oxygen atoms in total. The van der Waals surface area contributed by atoms with E-state index in [1.807, 2.05) is 24.3 Å². The quantitative estimate of drug-likeness (QED) is 0.782. The molecule has 0 spiro atoms. The Morgan fingerprint density at radius 2 is 2.04 bits per heavy atom. The predicted molar refractivity (Wildman–Crippen MR) is 96.6 cm³/mol. The third-order valence-electron chi connectivity index (χ3n) is 3.59. The monoisotopic (exact) mass is 327 g/mol. The summed E-state index contributed by atoms with van der Waals surface area (Å²) in [7, 11) is 1.65. The van der Waals surface area contributed by atoms with Crippen LogP contribution in [0.1, 0.15) is 29.8 Å². The number of carbonyl (C=O) groups excluding carboxylic acids is 1. The first-order valence-corrected chi connectivity index (χ1v) is 8.20. The van der Waals surface area contributed by atoms with Gasteiger partial charge in [0.1, 0.15) is 11.6 Å². The van der Waals surface area contributed by atoms with Gasteiger partial charge in [0, 0.05) is 24.8 Å². The minimum atomic E-state index is -0.0973. The average molecular weight is 327 g/mol. The molecular formula is C19H25N3O2. The number of carbonyl (C=O) groups is 1. The topological polar surface area (TPSA) is 63.2 Å². The van der Waals surface area contributed by atoms with Crippen molar-refractivity contribution in [3.8, 4) is 5.75 Å². The normalized spacial score (nSPS) is 10.5. The minimum absolute atomic E-state index is 0.0973. The van der Waals surface area contributed by atoms with Crippen LogP contribution in [0, 0.1) is 5.92 Å². The molecule has 24 heavy (non-hydrogen) atoms. The molecule has 2 N–H and O–H groups in total. The number of anilines is 1. The second-order valence-corrected chi connectivity index (χ2v) is 6.02. The van der Waals surface area contributed by atoms with Crippen molar-refractivity contribution in [2.75, 3.05) is 25.5 Å². The number of methoxy groups -OCH3 is 1. The van der Waals surface area contributed by atoms with Crippen LogP contribution in [0.5, 0.6) is 5.75 Å². The molecule has 1 amide bonds. The maximum absolute atomic E-state index is 12.3. The molecule has 0 aliphatic heterocycles. The third kappa shape index (κ3) is 5.26. The Bertz CT molecular complexity index is 671. The third-order valence-corrected chi connectivity index (χ3v) is 3.59. The molecule has 0 aliphatic carbocycles. The van der Waals surface area contributed by atoms with Crippen LogP contribution in [0.2, 0.25) is 0 Å². The lowest BCUT2D eigenvalue weighted by molar-refractivity contribution is 0.0954. The number of para-hydroxylation sites is 1. The fraction of sp³-hybridized carbons (Fsp3) is 0.368. The molecule has 1 aromatic heterocycles. The van der Waals surface area contributed by atoms with Gasteiger partial charge < -0.3 is 15.4 Å². The largest absolute Gasteiger partial charge is 0.496 e. The van der Waals surface area contributed by atoms with E-state index in [0.717, 1.165) is 30.1 Å². The van der Waals surface area contributed by atoms with Crippen LogP contribution in [-0.2, 0) is 6.42 Å². The Kier molecular flexibility index (Phi) is 6.61. The molecule has 5 heteroatoms. The first-order chi connectivity index (χ1) is 11.6. The van der Waals surface area contributed by atoms with E-state index >= 15 is 0 Å². The molecule has 0 saturated heterocycles. The van der Waals surface area contributed by atoms with Gasteiger partial charge in [0.05, 0.1) is 7.11 Å². The second-order valence-electron chi connectivity index (χ2n) is 6.02. The van der Waals surface area contributed by atoms with Crippen molar-refractivity contribution in [1.29, 1.82) is 0 Å². The molecular weight excluding hydrogens is 302 g/mol. The van der Waals surface area contributed by atoms with Gasteiger partial charge in [-0.15, -0.1) is 0 Å². The molecule has 128 valence electrons. The van der Waals surface area contributed by atoms with E-state index in [-0.39, 0.29) is 5.91 Å². The second kappa shape index (κ2) is 8.91. The van der Waals surface area contributed by atoms with Gasteiger partial charge in [-0.05, 0) is 36.1 Å². The van der Waals surface area contributed by atoms with Gasteiger partial charge in [0.2, 0.25) is 0 Å². The number of aromatic nitrogens is 1. The Balaban J connectivity index is 1.89. The minimum Gasteiger partial charge on any atom is -0.496 e. The highest BCUT2D eigenvalue weighted by molar-refractivity contribution is 5.94. The van der Waals surface area contributed by atoms with Gasteiger partial charge in [-0.2, -0.15) is 0 Å². The van der Waals surface area contributed by atoms with E-state index < -0.39 is 0 Å². The van der Waals surface area contributed by atoms with Gasteiger partial charge in [0.25, 0.3) is 5.91 Å². The first kappa shape index (κ1) is 17.8. The molecule has 0 saturated carbocycles. The number of nitrogens with one attached hydrogen (secondary N) is 2. The molecule has 0 bridgehead atoms. The Morgan fingerprint density at radius 1 is 1.25 bits per heavy atom. The Labute approximate surface area is 143 Å². The van der Waals surface area contributed by atoms with E-state index in [1.165, 1.54) is 0 Å². The van der Waals surface area contributed by atoms with E-state index in [0.29, 0.717) is 18.0 Å².